The zero-order chi connectivity index (χ0) is 13.0. The zero-order valence-corrected chi connectivity index (χ0v) is 11.6. The molecule has 1 aromatic carbocycles. The van der Waals surface area contributed by atoms with Crippen LogP contribution in [0.15, 0.2) is 24.3 Å². The maximum Gasteiger partial charge on any atom is 0.202 e. The topological polar surface area (TPSA) is 47.0 Å². The summed E-state index contributed by atoms with van der Waals surface area (Å²) in [5, 5.41) is 4.14. The molecule has 0 saturated carbocycles. The molecule has 2 aromatic rings. The van der Waals surface area contributed by atoms with Gasteiger partial charge in [0.2, 0.25) is 5.13 Å². The van der Waals surface area contributed by atoms with E-state index in [1.54, 1.807) is 7.11 Å². The maximum atomic E-state index is 5.13. The van der Waals surface area contributed by atoms with Crippen molar-refractivity contribution in [3.63, 3.8) is 0 Å². The van der Waals surface area contributed by atoms with Gasteiger partial charge in [-0.3, -0.25) is 0 Å². The number of hydrogen-bond acceptors (Lipinski definition) is 5. The van der Waals surface area contributed by atoms with E-state index >= 15 is 0 Å². The summed E-state index contributed by atoms with van der Waals surface area (Å²) >= 11 is 1.41. The van der Waals surface area contributed by atoms with Crippen molar-refractivity contribution in [2.45, 2.75) is 26.3 Å². The molecule has 1 N–H and O–H groups in total. The fraction of sp³-hybridized carbons (Fsp3) is 0.385. The third-order valence-electron chi connectivity index (χ3n) is 2.40. The van der Waals surface area contributed by atoms with Crippen molar-refractivity contribution in [2.24, 2.45) is 0 Å². The van der Waals surface area contributed by atoms with E-state index in [0.717, 1.165) is 23.1 Å². The van der Waals surface area contributed by atoms with Crippen LogP contribution < -0.4 is 10.1 Å². The first-order valence-corrected chi connectivity index (χ1v) is 6.67. The summed E-state index contributed by atoms with van der Waals surface area (Å²) in [5.74, 6) is 1.72. The Labute approximate surface area is 111 Å². The molecule has 0 amide bonds. The number of ether oxygens (including phenoxy) is 1. The van der Waals surface area contributed by atoms with Crippen LogP contribution in [-0.2, 0) is 6.42 Å². The van der Waals surface area contributed by atoms with Gasteiger partial charge in [-0.2, -0.15) is 4.37 Å². The molecule has 0 unspecified atom stereocenters. The van der Waals surface area contributed by atoms with E-state index in [-0.39, 0.29) is 0 Å². The summed E-state index contributed by atoms with van der Waals surface area (Å²) in [6.45, 7) is 4.18. The van der Waals surface area contributed by atoms with Crippen molar-refractivity contribution >= 4 is 16.7 Å². The Morgan fingerprint density at radius 3 is 2.61 bits per heavy atom. The molecule has 0 aliphatic carbocycles. The van der Waals surface area contributed by atoms with Gasteiger partial charge in [-0.1, -0.05) is 12.1 Å². The Balaban J connectivity index is 2.01. The second kappa shape index (κ2) is 5.82. The monoisotopic (exact) mass is 263 g/mol. The molecule has 1 heterocycles. The van der Waals surface area contributed by atoms with Crippen molar-refractivity contribution in [1.82, 2.24) is 9.36 Å². The van der Waals surface area contributed by atoms with Crippen LogP contribution in [0.25, 0.3) is 0 Å². The Morgan fingerprint density at radius 2 is 2.00 bits per heavy atom. The van der Waals surface area contributed by atoms with E-state index in [2.05, 4.69) is 28.5 Å². The lowest BCUT2D eigenvalue weighted by molar-refractivity contribution is 0.414. The molecule has 4 nitrogen and oxygen atoms in total. The molecular formula is C13H17N3OS. The average molecular weight is 263 g/mol. The van der Waals surface area contributed by atoms with Crippen LogP contribution in [0, 0.1) is 0 Å². The minimum atomic E-state index is 0.381. The summed E-state index contributed by atoms with van der Waals surface area (Å²) in [7, 11) is 1.67. The van der Waals surface area contributed by atoms with Gasteiger partial charge in [0.25, 0.3) is 0 Å². The lowest BCUT2D eigenvalue weighted by atomic mass is 10.1. The van der Waals surface area contributed by atoms with Crippen LogP contribution in [0.4, 0.5) is 5.13 Å². The summed E-state index contributed by atoms with van der Waals surface area (Å²) in [6.07, 6.45) is 0.750. The van der Waals surface area contributed by atoms with Gasteiger partial charge in [-0.25, -0.2) is 4.98 Å². The van der Waals surface area contributed by atoms with Gasteiger partial charge in [0.05, 0.1) is 7.11 Å². The predicted octanol–water partition coefficient (Wildman–Crippen LogP) is 2.96. The molecule has 2 rings (SSSR count). The smallest absolute Gasteiger partial charge is 0.202 e. The summed E-state index contributed by atoms with van der Waals surface area (Å²) < 4.78 is 9.47. The highest BCUT2D eigenvalue weighted by atomic mass is 32.1. The predicted molar refractivity (Wildman–Crippen MR) is 74.5 cm³/mol. The van der Waals surface area contributed by atoms with Gasteiger partial charge in [-0.15, -0.1) is 0 Å². The first kappa shape index (κ1) is 12.8. The molecule has 0 aliphatic heterocycles. The van der Waals surface area contributed by atoms with E-state index < -0.39 is 0 Å². The lowest BCUT2D eigenvalue weighted by Crippen LogP contribution is -2.09. The number of nitrogens with zero attached hydrogens (tertiary/aromatic N) is 2. The molecule has 0 aliphatic rings. The molecule has 96 valence electrons. The minimum Gasteiger partial charge on any atom is -0.497 e. The molecule has 1 aromatic heterocycles. The van der Waals surface area contributed by atoms with Crippen molar-refractivity contribution in [2.75, 3.05) is 12.4 Å². The third kappa shape index (κ3) is 3.43. The quantitative estimate of drug-likeness (QED) is 0.901. The Morgan fingerprint density at radius 1 is 1.28 bits per heavy atom. The third-order valence-corrected chi connectivity index (χ3v) is 3.09. The fourth-order valence-corrected chi connectivity index (χ4v) is 2.29. The molecule has 0 bridgehead atoms. The van der Waals surface area contributed by atoms with Gasteiger partial charge in [-0.05, 0) is 31.5 Å². The molecule has 5 heteroatoms. The van der Waals surface area contributed by atoms with E-state index in [1.165, 1.54) is 17.1 Å². The maximum absolute atomic E-state index is 5.13. The number of rotatable bonds is 5. The van der Waals surface area contributed by atoms with E-state index in [9.17, 15) is 0 Å². The van der Waals surface area contributed by atoms with Crippen LogP contribution >= 0.6 is 11.5 Å². The van der Waals surface area contributed by atoms with Crippen molar-refractivity contribution in [1.29, 1.82) is 0 Å². The highest BCUT2D eigenvalue weighted by molar-refractivity contribution is 7.09. The van der Waals surface area contributed by atoms with Crippen LogP contribution in [0.3, 0.4) is 0 Å². The molecule has 18 heavy (non-hydrogen) atoms. The molecular weight excluding hydrogens is 246 g/mol. The second-order valence-corrected chi connectivity index (χ2v) is 5.09. The Bertz CT molecular complexity index is 493. The number of anilines is 1. The van der Waals surface area contributed by atoms with Gasteiger partial charge >= 0.3 is 0 Å². The Kier molecular flexibility index (Phi) is 4.15. The first-order valence-electron chi connectivity index (χ1n) is 5.89. The molecule has 0 saturated heterocycles. The SMILES string of the molecule is COc1ccc(Cc2nsc(NC(C)C)n2)cc1. The Hall–Kier alpha value is -1.62. The molecule has 0 radical (unpaired) electrons. The van der Waals surface area contributed by atoms with Crippen LogP contribution in [0.2, 0.25) is 0 Å². The standard InChI is InChI=1S/C13H17N3OS/c1-9(2)14-13-15-12(16-18-13)8-10-4-6-11(17-3)7-5-10/h4-7,9H,8H2,1-3H3,(H,14,15,16). The fourth-order valence-electron chi connectivity index (χ4n) is 1.56. The van der Waals surface area contributed by atoms with E-state index in [0.29, 0.717) is 6.04 Å². The number of aromatic nitrogens is 2. The normalized spacial score (nSPS) is 10.7. The van der Waals surface area contributed by atoms with E-state index in [4.69, 9.17) is 4.74 Å². The average Bonchev–Trinajstić information content (AvgIpc) is 2.76. The molecule has 0 fully saturated rings. The lowest BCUT2D eigenvalue weighted by Gasteiger charge is -2.03. The molecule has 0 atom stereocenters. The number of benzene rings is 1. The van der Waals surface area contributed by atoms with E-state index in [1.807, 2.05) is 24.3 Å². The first-order chi connectivity index (χ1) is 8.67. The van der Waals surface area contributed by atoms with Crippen LogP contribution in [0.5, 0.6) is 5.75 Å². The highest BCUT2D eigenvalue weighted by Crippen LogP contribution is 2.17. The summed E-state index contributed by atoms with van der Waals surface area (Å²) in [6, 6.07) is 8.36. The van der Waals surface area contributed by atoms with Crippen LogP contribution in [0.1, 0.15) is 25.2 Å². The zero-order valence-electron chi connectivity index (χ0n) is 10.8. The highest BCUT2D eigenvalue weighted by Gasteiger charge is 2.06. The summed E-state index contributed by atoms with van der Waals surface area (Å²) in [5.41, 5.74) is 1.18. The second-order valence-electron chi connectivity index (χ2n) is 4.34. The summed E-state index contributed by atoms with van der Waals surface area (Å²) in [4.78, 5) is 4.45. The van der Waals surface area contributed by atoms with Crippen molar-refractivity contribution in [3.8, 4) is 5.75 Å². The van der Waals surface area contributed by atoms with Crippen molar-refractivity contribution in [3.05, 3.63) is 35.7 Å². The van der Waals surface area contributed by atoms with Gasteiger partial charge in [0, 0.05) is 24.0 Å². The minimum absolute atomic E-state index is 0.381. The number of hydrogen-bond donors (Lipinski definition) is 1. The van der Waals surface area contributed by atoms with Crippen LogP contribution in [-0.4, -0.2) is 22.5 Å². The van der Waals surface area contributed by atoms with Gasteiger partial charge < -0.3 is 10.1 Å². The van der Waals surface area contributed by atoms with Gasteiger partial charge in [0.15, 0.2) is 0 Å². The molecule has 0 spiro atoms. The van der Waals surface area contributed by atoms with Crippen molar-refractivity contribution < 1.29 is 4.74 Å². The number of nitrogens with one attached hydrogen (secondary N) is 1. The largest absolute Gasteiger partial charge is 0.497 e. The van der Waals surface area contributed by atoms with Gasteiger partial charge in [0.1, 0.15) is 11.6 Å². The number of methoxy groups -OCH3 is 1.